The molecule has 0 amide bonds. The standard InChI is InChI=1S/C12H10OS/c13-14-12-8-6-11(7-9-12)10-4-2-1-3-5-10/h1-9,13H. The van der Waals surface area contributed by atoms with Crippen molar-refractivity contribution in [3.05, 3.63) is 54.6 Å². The molecule has 0 aliphatic rings. The molecule has 0 atom stereocenters. The summed E-state index contributed by atoms with van der Waals surface area (Å²) < 4.78 is 8.82. The molecule has 14 heavy (non-hydrogen) atoms. The molecule has 0 saturated heterocycles. The van der Waals surface area contributed by atoms with E-state index in [1.54, 1.807) is 0 Å². The number of benzene rings is 2. The highest BCUT2D eigenvalue weighted by Gasteiger charge is 1.96. The highest BCUT2D eigenvalue weighted by molar-refractivity contribution is 7.93. The first-order valence-corrected chi connectivity index (χ1v) is 5.14. The fourth-order valence-electron chi connectivity index (χ4n) is 1.34. The minimum absolute atomic E-state index is 0.773. The first-order valence-electron chi connectivity index (χ1n) is 4.37. The zero-order valence-corrected chi connectivity index (χ0v) is 8.37. The molecule has 2 aromatic carbocycles. The molecular weight excluding hydrogens is 192 g/mol. The molecular formula is C12H10OS. The summed E-state index contributed by atoms with van der Waals surface area (Å²) in [6, 6.07) is 18.0. The van der Waals surface area contributed by atoms with Gasteiger partial charge in [-0.15, -0.1) is 0 Å². The van der Waals surface area contributed by atoms with E-state index in [9.17, 15) is 0 Å². The fraction of sp³-hybridized carbons (Fsp3) is 0. The van der Waals surface area contributed by atoms with Crippen LogP contribution in [0.25, 0.3) is 11.1 Å². The topological polar surface area (TPSA) is 20.2 Å². The minimum Gasteiger partial charge on any atom is -0.325 e. The van der Waals surface area contributed by atoms with Gasteiger partial charge in [-0.1, -0.05) is 42.5 Å². The van der Waals surface area contributed by atoms with E-state index in [1.807, 2.05) is 42.5 Å². The van der Waals surface area contributed by atoms with Crippen LogP contribution in [0.15, 0.2) is 59.5 Å². The van der Waals surface area contributed by atoms with Crippen LogP contribution in [0, 0.1) is 0 Å². The fourth-order valence-corrected chi connectivity index (χ4v) is 1.60. The molecule has 70 valence electrons. The van der Waals surface area contributed by atoms with Gasteiger partial charge in [-0.25, -0.2) is 0 Å². The van der Waals surface area contributed by atoms with Gasteiger partial charge >= 0.3 is 0 Å². The summed E-state index contributed by atoms with van der Waals surface area (Å²) in [5, 5.41) is 0. The van der Waals surface area contributed by atoms with E-state index < -0.39 is 0 Å². The molecule has 0 aliphatic carbocycles. The van der Waals surface area contributed by atoms with Crippen molar-refractivity contribution in [3.63, 3.8) is 0 Å². The lowest BCUT2D eigenvalue weighted by molar-refractivity contribution is 0.664. The van der Waals surface area contributed by atoms with Crippen LogP contribution in [0.2, 0.25) is 0 Å². The van der Waals surface area contributed by atoms with Gasteiger partial charge in [-0.3, -0.25) is 0 Å². The van der Waals surface area contributed by atoms with Gasteiger partial charge in [0.05, 0.1) is 0 Å². The summed E-state index contributed by atoms with van der Waals surface area (Å²) in [6.07, 6.45) is 0. The highest BCUT2D eigenvalue weighted by Crippen LogP contribution is 2.22. The van der Waals surface area contributed by atoms with E-state index in [0.717, 1.165) is 16.9 Å². The Labute approximate surface area is 87.6 Å². The number of hydrogen-bond acceptors (Lipinski definition) is 2. The maximum Gasteiger partial charge on any atom is 0.0351 e. The molecule has 0 unspecified atom stereocenters. The van der Waals surface area contributed by atoms with E-state index in [0.29, 0.717) is 0 Å². The second-order valence-electron chi connectivity index (χ2n) is 2.98. The first-order chi connectivity index (χ1) is 6.90. The van der Waals surface area contributed by atoms with Crippen LogP contribution in [-0.4, -0.2) is 4.55 Å². The van der Waals surface area contributed by atoms with E-state index >= 15 is 0 Å². The van der Waals surface area contributed by atoms with E-state index in [4.69, 9.17) is 4.55 Å². The predicted octanol–water partition coefficient (Wildman–Crippen LogP) is 3.92. The van der Waals surface area contributed by atoms with Crippen LogP contribution < -0.4 is 0 Å². The molecule has 0 spiro atoms. The van der Waals surface area contributed by atoms with E-state index in [1.165, 1.54) is 11.1 Å². The zero-order chi connectivity index (χ0) is 9.80. The smallest absolute Gasteiger partial charge is 0.0351 e. The lowest BCUT2D eigenvalue weighted by Gasteiger charge is -2.01. The molecule has 2 rings (SSSR count). The second kappa shape index (κ2) is 4.31. The Morgan fingerprint density at radius 1 is 0.714 bits per heavy atom. The quantitative estimate of drug-likeness (QED) is 0.745. The molecule has 0 bridgehead atoms. The summed E-state index contributed by atoms with van der Waals surface area (Å²) in [5.74, 6) is 0. The Morgan fingerprint density at radius 2 is 1.29 bits per heavy atom. The first kappa shape index (κ1) is 9.31. The highest BCUT2D eigenvalue weighted by atomic mass is 32.2. The zero-order valence-electron chi connectivity index (χ0n) is 7.55. The van der Waals surface area contributed by atoms with Crippen molar-refractivity contribution in [2.45, 2.75) is 4.90 Å². The average Bonchev–Trinajstić information content (AvgIpc) is 2.30. The molecule has 2 aromatic rings. The molecule has 0 saturated carbocycles. The molecule has 1 nitrogen and oxygen atoms in total. The summed E-state index contributed by atoms with van der Waals surface area (Å²) in [6.45, 7) is 0. The third-order valence-corrected chi connectivity index (χ3v) is 2.55. The van der Waals surface area contributed by atoms with Crippen molar-refractivity contribution in [1.29, 1.82) is 0 Å². The van der Waals surface area contributed by atoms with Crippen molar-refractivity contribution in [3.8, 4) is 11.1 Å². The minimum atomic E-state index is 0.773. The van der Waals surface area contributed by atoms with Crippen LogP contribution >= 0.6 is 12.0 Å². The van der Waals surface area contributed by atoms with Crippen molar-refractivity contribution in [2.24, 2.45) is 0 Å². The van der Waals surface area contributed by atoms with Gasteiger partial charge in [0, 0.05) is 16.9 Å². The van der Waals surface area contributed by atoms with Crippen molar-refractivity contribution in [2.75, 3.05) is 0 Å². The number of hydrogen-bond donors (Lipinski definition) is 1. The SMILES string of the molecule is OSc1ccc(-c2ccccc2)cc1. The van der Waals surface area contributed by atoms with E-state index in [-0.39, 0.29) is 0 Å². The lowest BCUT2D eigenvalue weighted by atomic mass is 10.1. The van der Waals surface area contributed by atoms with Crippen LogP contribution in [0.1, 0.15) is 0 Å². The molecule has 1 N–H and O–H groups in total. The number of rotatable bonds is 2. The van der Waals surface area contributed by atoms with Gasteiger partial charge in [-0.05, 0) is 23.3 Å². The van der Waals surface area contributed by atoms with Gasteiger partial charge in [0.2, 0.25) is 0 Å². The summed E-state index contributed by atoms with van der Waals surface area (Å²) in [5.41, 5.74) is 2.37. The Balaban J connectivity index is 2.34. The predicted molar refractivity (Wildman–Crippen MR) is 60.4 cm³/mol. The molecule has 2 heteroatoms. The summed E-state index contributed by atoms with van der Waals surface area (Å²) in [7, 11) is 0. The van der Waals surface area contributed by atoms with Crippen molar-refractivity contribution in [1.82, 2.24) is 0 Å². The molecule has 0 radical (unpaired) electrons. The third-order valence-electron chi connectivity index (χ3n) is 2.07. The molecule has 0 fully saturated rings. The summed E-state index contributed by atoms with van der Waals surface area (Å²) in [4.78, 5) is 0.865. The average molecular weight is 202 g/mol. The maximum atomic E-state index is 8.82. The van der Waals surface area contributed by atoms with Gasteiger partial charge in [0.15, 0.2) is 0 Å². The Morgan fingerprint density at radius 3 is 1.86 bits per heavy atom. The molecule has 0 heterocycles. The third kappa shape index (κ3) is 1.97. The van der Waals surface area contributed by atoms with Crippen molar-refractivity contribution >= 4 is 12.0 Å². The van der Waals surface area contributed by atoms with Crippen LogP contribution in [0.3, 0.4) is 0 Å². The molecule has 0 aromatic heterocycles. The van der Waals surface area contributed by atoms with Crippen LogP contribution in [-0.2, 0) is 0 Å². The largest absolute Gasteiger partial charge is 0.325 e. The van der Waals surface area contributed by atoms with Gasteiger partial charge in [-0.2, -0.15) is 0 Å². The van der Waals surface area contributed by atoms with Gasteiger partial charge in [0.1, 0.15) is 0 Å². The van der Waals surface area contributed by atoms with Crippen LogP contribution in [0.4, 0.5) is 0 Å². The van der Waals surface area contributed by atoms with Gasteiger partial charge < -0.3 is 4.55 Å². The van der Waals surface area contributed by atoms with Crippen molar-refractivity contribution < 1.29 is 4.55 Å². The lowest BCUT2D eigenvalue weighted by Crippen LogP contribution is -1.76. The summed E-state index contributed by atoms with van der Waals surface area (Å²) >= 11 is 0.773. The monoisotopic (exact) mass is 202 g/mol. The Bertz CT molecular complexity index is 394. The second-order valence-corrected chi connectivity index (χ2v) is 3.64. The Kier molecular flexibility index (Phi) is 2.87. The molecule has 0 aliphatic heterocycles. The normalized spacial score (nSPS) is 10.1. The Hall–Kier alpha value is -1.25. The maximum absolute atomic E-state index is 8.82. The van der Waals surface area contributed by atoms with E-state index in [2.05, 4.69) is 12.1 Å². The van der Waals surface area contributed by atoms with Gasteiger partial charge in [0.25, 0.3) is 0 Å². The van der Waals surface area contributed by atoms with Crippen LogP contribution in [0.5, 0.6) is 0 Å².